The normalized spacial score (nSPS) is 12.8. The van der Waals surface area contributed by atoms with Crippen LogP contribution in [0.4, 0.5) is 0 Å². The Labute approximate surface area is 107 Å². The molecule has 0 radical (unpaired) electrons. The number of hydrogen-bond donors (Lipinski definition) is 0. The first-order chi connectivity index (χ1) is 8.66. The molecule has 0 atom stereocenters. The molecule has 1 aliphatic rings. The second-order valence-electron chi connectivity index (χ2n) is 4.84. The summed E-state index contributed by atoms with van der Waals surface area (Å²) in [6.45, 7) is 3.52. The molecule has 0 bridgehead atoms. The quantitative estimate of drug-likeness (QED) is 0.712. The van der Waals surface area contributed by atoms with Gasteiger partial charge in [0.05, 0.1) is 5.69 Å². The average molecular weight is 237 g/mol. The van der Waals surface area contributed by atoms with E-state index in [2.05, 4.69) is 23.2 Å². The highest BCUT2D eigenvalue weighted by Crippen LogP contribution is 2.32. The molecule has 0 saturated heterocycles. The van der Waals surface area contributed by atoms with E-state index < -0.39 is 0 Å². The molecule has 0 spiro atoms. The van der Waals surface area contributed by atoms with Crippen molar-refractivity contribution in [3.05, 3.63) is 52.7 Å². The molecule has 1 heterocycles. The molecule has 2 heteroatoms. The van der Waals surface area contributed by atoms with Crippen LogP contribution in [0.15, 0.2) is 30.3 Å². The van der Waals surface area contributed by atoms with E-state index in [9.17, 15) is 4.79 Å². The first-order valence-electron chi connectivity index (χ1n) is 6.26. The van der Waals surface area contributed by atoms with E-state index in [1.165, 1.54) is 16.7 Å². The van der Waals surface area contributed by atoms with Crippen molar-refractivity contribution in [1.29, 1.82) is 0 Å². The van der Waals surface area contributed by atoms with Crippen molar-refractivity contribution < 1.29 is 4.79 Å². The van der Waals surface area contributed by atoms with Crippen molar-refractivity contribution in [2.45, 2.75) is 26.7 Å². The van der Waals surface area contributed by atoms with E-state index in [0.717, 1.165) is 29.8 Å². The minimum Gasteiger partial charge on any atom is -0.294 e. The Bertz CT molecular complexity index is 644. The molecule has 0 saturated carbocycles. The smallest absolute Gasteiger partial charge is 0.161 e. The fourth-order valence-electron chi connectivity index (χ4n) is 2.67. The molecule has 2 aromatic rings. The van der Waals surface area contributed by atoms with Crippen molar-refractivity contribution in [2.75, 3.05) is 0 Å². The summed E-state index contributed by atoms with van der Waals surface area (Å²) < 4.78 is 0. The van der Waals surface area contributed by atoms with Crippen LogP contribution >= 0.6 is 0 Å². The Morgan fingerprint density at radius 3 is 2.67 bits per heavy atom. The van der Waals surface area contributed by atoms with Crippen molar-refractivity contribution in [3.8, 4) is 11.3 Å². The van der Waals surface area contributed by atoms with Gasteiger partial charge in [0.25, 0.3) is 0 Å². The first-order valence-corrected chi connectivity index (χ1v) is 6.26. The van der Waals surface area contributed by atoms with E-state index in [-0.39, 0.29) is 5.78 Å². The number of benzene rings is 1. The van der Waals surface area contributed by atoms with Gasteiger partial charge < -0.3 is 0 Å². The summed E-state index contributed by atoms with van der Waals surface area (Å²) in [6, 6.07) is 10.4. The van der Waals surface area contributed by atoms with Gasteiger partial charge in [0.1, 0.15) is 0 Å². The number of Topliss-reactive ketones (excluding diaryl/α,β-unsaturated/α-hetero) is 1. The maximum atomic E-state index is 11.6. The second-order valence-corrected chi connectivity index (χ2v) is 4.84. The van der Waals surface area contributed by atoms with Crippen LogP contribution in [0.5, 0.6) is 0 Å². The van der Waals surface area contributed by atoms with Gasteiger partial charge in [-0.05, 0) is 43.9 Å². The Morgan fingerprint density at radius 2 is 1.89 bits per heavy atom. The fraction of sp³-hybridized carbons (Fsp3) is 0.250. The first kappa shape index (κ1) is 11.1. The van der Waals surface area contributed by atoms with Crippen LogP contribution in [0.1, 0.15) is 34.1 Å². The molecule has 0 N–H and O–H groups in total. The molecule has 0 fully saturated rings. The summed E-state index contributed by atoms with van der Waals surface area (Å²) in [7, 11) is 0. The van der Waals surface area contributed by atoms with Crippen LogP contribution in [0.3, 0.4) is 0 Å². The third-order valence-electron chi connectivity index (χ3n) is 3.61. The van der Waals surface area contributed by atoms with Gasteiger partial charge in [-0.15, -0.1) is 0 Å². The van der Waals surface area contributed by atoms with Crippen molar-refractivity contribution in [1.82, 2.24) is 4.98 Å². The van der Waals surface area contributed by atoms with E-state index in [4.69, 9.17) is 0 Å². The Balaban J connectivity index is 2.24. The van der Waals surface area contributed by atoms with E-state index in [0.29, 0.717) is 0 Å². The van der Waals surface area contributed by atoms with Crippen molar-refractivity contribution >= 4 is 5.78 Å². The molecule has 0 unspecified atom stereocenters. The SMILES string of the molecule is CC(=O)c1cc2c(nc1C)-c1ccccc1CC2. The highest BCUT2D eigenvalue weighted by molar-refractivity contribution is 5.95. The van der Waals surface area contributed by atoms with E-state index >= 15 is 0 Å². The summed E-state index contributed by atoms with van der Waals surface area (Å²) in [5, 5.41) is 0. The molecule has 0 aliphatic heterocycles. The van der Waals surface area contributed by atoms with Gasteiger partial charge in [0.2, 0.25) is 0 Å². The van der Waals surface area contributed by atoms with Gasteiger partial charge >= 0.3 is 0 Å². The fourth-order valence-corrected chi connectivity index (χ4v) is 2.67. The number of pyridine rings is 1. The van der Waals surface area contributed by atoms with Crippen LogP contribution in [-0.4, -0.2) is 10.8 Å². The molecule has 18 heavy (non-hydrogen) atoms. The lowest BCUT2D eigenvalue weighted by Crippen LogP contribution is -2.09. The van der Waals surface area contributed by atoms with Crippen LogP contribution < -0.4 is 0 Å². The predicted octanol–water partition coefficient (Wildman–Crippen LogP) is 3.36. The Morgan fingerprint density at radius 1 is 1.17 bits per heavy atom. The number of rotatable bonds is 1. The van der Waals surface area contributed by atoms with Crippen LogP contribution in [-0.2, 0) is 12.8 Å². The number of ketones is 1. The lowest BCUT2D eigenvalue weighted by molar-refractivity contribution is 0.101. The summed E-state index contributed by atoms with van der Waals surface area (Å²) in [4.78, 5) is 16.2. The molecule has 0 amide bonds. The van der Waals surface area contributed by atoms with Gasteiger partial charge in [-0.25, -0.2) is 0 Å². The predicted molar refractivity (Wildman–Crippen MR) is 71.8 cm³/mol. The molecular weight excluding hydrogens is 222 g/mol. The standard InChI is InChI=1S/C16H15NO/c1-10-15(11(2)18)9-13-8-7-12-5-3-4-6-14(12)16(13)17-10/h3-6,9H,7-8H2,1-2H3. The number of carbonyl (C=O) groups excluding carboxylic acids is 1. The number of aromatic nitrogens is 1. The molecule has 1 aliphatic carbocycles. The highest BCUT2D eigenvalue weighted by Gasteiger charge is 2.19. The monoisotopic (exact) mass is 237 g/mol. The van der Waals surface area contributed by atoms with Gasteiger partial charge in [0.15, 0.2) is 5.78 Å². The minimum atomic E-state index is 0.0988. The zero-order chi connectivity index (χ0) is 12.7. The van der Waals surface area contributed by atoms with Crippen LogP contribution in [0.2, 0.25) is 0 Å². The molecule has 1 aromatic heterocycles. The Kier molecular flexibility index (Phi) is 2.51. The number of nitrogens with zero attached hydrogens (tertiary/aromatic N) is 1. The minimum absolute atomic E-state index is 0.0988. The Hall–Kier alpha value is -1.96. The third kappa shape index (κ3) is 1.65. The van der Waals surface area contributed by atoms with Crippen LogP contribution in [0, 0.1) is 6.92 Å². The van der Waals surface area contributed by atoms with Gasteiger partial charge in [-0.1, -0.05) is 24.3 Å². The molecule has 1 aromatic carbocycles. The lowest BCUT2D eigenvalue weighted by Gasteiger charge is -2.20. The maximum absolute atomic E-state index is 11.6. The number of aryl methyl sites for hydroxylation is 3. The third-order valence-corrected chi connectivity index (χ3v) is 3.61. The van der Waals surface area contributed by atoms with E-state index in [1.807, 2.05) is 19.1 Å². The van der Waals surface area contributed by atoms with Crippen LogP contribution in [0.25, 0.3) is 11.3 Å². The largest absolute Gasteiger partial charge is 0.294 e. The summed E-state index contributed by atoms with van der Waals surface area (Å²) in [6.07, 6.45) is 2.01. The molecule has 2 nitrogen and oxygen atoms in total. The van der Waals surface area contributed by atoms with Gasteiger partial charge in [-0.3, -0.25) is 9.78 Å². The molecule has 3 rings (SSSR count). The summed E-state index contributed by atoms with van der Waals surface area (Å²) in [5.74, 6) is 0.0988. The zero-order valence-corrected chi connectivity index (χ0v) is 10.7. The highest BCUT2D eigenvalue weighted by atomic mass is 16.1. The average Bonchev–Trinajstić information content (AvgIpc) is 2.37. The zero-order valence-electron chi connectivity index (χ0n) is 10.7. The van der Waals surface area contributed by atoms with Crippen molar-refractivity contribution in [2.24, 2.45) is 0 Å². The van der Waals surface area contributed by atoms with E-state index in [1.54, 1.807) is 6.92 Å². The topological polar surface area (TPSA) is 30.0 Å². The second kappa shape index (κ2) is 4.05. The molecule has 90 valence electrons. The maximum Gasteiger partial charge on any atom is 0.161 e. The van der Waals surface area contributed by atoms with Crippen molar-refractivity contribution in [3.63, 3.8) is 0 Å². The van der Waals surface area contributed by atoms with Gasteiger partial charge in [-0.2, -0.15) is 0 Å². The number of carbonyl (C=O) groups is 1. The van der Waals surface area contributed by atoms with Gasteiger partial charge in [0, 0.05) is 16.8 Å². The summed E-state index contributed by atoms with van der Waals surface area (Å²) >= 11 is 0. The summed E-state index contributed by atoms with van der Waals surface area (Å²) in [5.41, 5.74) is 6.42. The lowest BCUT2D eigenvalue weighted by atomic mass is 9.88. The molecular formula is C16H15NO. The number of hydrogen-bond acceptors (Lipinski definition) is 2. The number of fused-ring (bicyclic) bond motifs is 3.